The van der Waals surface area contributed by atoms with Gasteiger partial charge in [0, 0.05) is 12.2 Å². The van der Waals surface area contributed by atoms with E-state index in [4.69, 9.17) is 18.9 Å². The van der Waals surface area contributed by atoms with E-state index in [1.165, 1.54) is 38.5 Å². The molecule has 1 unspecified atom stereocenters. The molecule has 2 fully saturated rings. The van der Waals surface area contributed by atoms with Crippen LogP contribution in [-0.4, -0.2) is 54.1 Å². The maximum Gasteiger partial charge on any atom is 0.186 e. The number of unbranched alkanes of at least 4 members (excludes halogenated alkanes) is 7. The van der Waals surface area contributed by atoms with E-state index in [2.05, 4.69) is 6.92 Å². The maximum atomic E-state index is 10.6. The Kier molecular flexibility index (Phi) is 9.36. The van der Waals surface area contributed by atoms with E-state index in [0.29, 0.717) is 6.61 Å². The minimum absolute atomic E-state index is 0.283. The van der Waals surface area contributed by atoms with Crippen molar-refractivity contribution in [2.75, 3.05) is 13.2 Å². The predicted molar refractivity (Wildman–Crippen MR) is 109 cm³/mol. The fourth-order valence-corrected chi connectivity index (χ4v) is 3.93. The lowest BCUT2D eigenvalue weighted by molar-refractivity contribution is -0.361. The van der Waals surface area contributed by atoms with Gasteiger partial charge in [-0.25, -0.2) is 0 Å². The van der Waals surface area contributed by atoms with Gasteiger partial charge in [0.2, 0.25) is 0 Å². The Bertz CT molecular complexity index is 566. The Morgan fingerprint density at radius 3 is 2.31 bits per heavy atom. The first-order chi connectivity index (χ1) is 14.2. The number of aliphatic hydroxyl groups is 2. The summed E-state index contributed by atoms with van der Waals surface area (Å²) in [7, 11) is 0. The molecule has 0 aliphatic carbocycles. The van der Waals surface area contributed by atoms with E-state index < -0.39 is 37.0 Å². The van der Waals surface area contributed by atoms with Gasteiger partial charge in [-0.15, -0.1) is 0 Å². The van der Waals surface area contributed by atoms with Gasteiger partial charge in [-0.05, 0) is 6.42 Å². The number of benzene rings is 1. The van der Waals surface area contributed by atoms with Gasteiger partial charge in [0.1, 0.15) is 24.4 Å². The Balaban J connectivity index is 1.38. The molecule has 2 N–H and O–H groups in total. The Hall–Kier alpha value is -1.02. The largest absolute Gasteiger partial charge is 0.387 e. The molecule has 164 valence electrons. The van der Waals surface area contributed by atoms with Crippen LogP contribution in [0.25, 0.3) is 0 Å². The number of hydrogen-bond acceptors (Lipinski definition) is 6. The zero-order valence-corrected chi connectivity index (χ0v) is 17.4. The summed E-state index contributed by atoms with van der Waals surface area (Å²) >= 11 is 0. The van der Waals surface area contributed by atoms with Crippen LogP contribution in [0.1, 0.15) is 70.1 Å². The molecule has 2 aliphatic heterocycles. The van der Waals surface area contributed by atoms with Crippen molar-refractivity contribution in [3.63, 3.8) is 0 Å². The van der Waals surface area contributed by atoms with Crippen LogP contribution < -0.4 is 0 Å². The first-order valence-corrected chi connectivity index (χ1v) is 11.2. The monoisotopic (exact) mass is 408 g/mol. The Labute approximate surface area is 174 Å². The van der Waals surface area contributed by atoms with E-state index in [1.54, 1.807) is 0 Å². The molecular formula is C23H36O6. The third-order valence-electron chi connectivity index (χ3n) is 5.69. The smallest absolute Gasteiger partial charge is 0.186 e. The molecular weight excluding hydrogens is 372 g/mol. The number of fused-ring (bicyclic) bond motifs is 1. The Morgan fingerprint density at radius 2 is 1.59 bits per heavy atom. The first kappa shape index (κ1) is 22.7. The van der Waals surface area contributed by atoms with Crippen LogP contribution in [0.2, 0.25) is 0 Å². The van der Waals surface area contributed by atoms with Crippen molar-refractivity contribution in [2.45, 2.75) is 95.3 Å². The zero-order valence-electron chi connectivity index (χ0n) is 17.4. The van der Waals surface area contributed by atoms with Gasteiger partial charge in [-0.3, -0.25) is 0 Å². The molecule has 2 aliphatic rings. The van der Waals surface area contributed by atoms with Crippen LogP contribution in [0.15, 0.2) is 30.3 Å². The second-order valence-electron chi connectivity index (χ2n) is 8.05. The van der Waals surface area contributed by atoms with E-state index in [0.717, 1.165) is 18.4 Å². The molecule has 6 atom stereocenters. The van der Waals surface area contributed by atoms with Crippen molar-refractivity contribution in [1.29, 1.82) is 0 Å². The number of aliphatic hydroxyl groups excluding tert-OH is 2. The summed E-state index contributed by atoms with van der Waals surface area (Å²) in [6.45, 7) is 3.02. The normalized spacial score (nSPS) is 32.1. The minimum atomic E-state index is -1.14. The predicted octanol–water partition coefficient (Wildman–Crippen LogP) is 3.70. The third kappa shape index (κ3) is 6.48. The van der Waals surface area contributed by atoms with Crippen molar-refractivity contribution in [2.24, 2.45) is 0 Å². The lowest BCUT2D eigenvalue weighted by Crippen LogP contribution is -2.62. The Morgan fingerprint density at radius 1 is 0.897 bits per heavy atom. The molecule has 6 heteroatoms. The SMILES string of the molecule is CCCCCCCCCCO[C@@H]1O[C@@H]2COC(c3ccccc3)O[C@H]2[C@H](O)[C@H]1O. The van der Waals surface area contributed by atoms with Crippen molar-refractivity contribution in [3.05, 3.63) is 35.9 Å². The molecule has 0 spiro atoms. The van der Waals surface area contributed by atoms with E-state index >= 15 is 0 Å². The molecule has 0 aromatic heterocycles. The van der Waals surface area contributed by atoms with Gasteiger partial charge in [-0.2, -0.15) is 0 Å². The summed E-state index contributed by atoms with van der Waals surface area (Å²) in [5.74, 6) is 0. The van der Waals surface area contributed by atoms with Gasteiger partial charge in [0.15, 0.2) is 12.6 Å². The van der Waals surface area contributed by atoms with Gasteiger partial charge >= 0.3 is 0 Å². The molecule has 0 bridgehead atoms. The molecule has 2 saturated heterocycles. The average molecular weight is 409 g/mol. The van der Waals surface area contributed by atoms with Crippen LogP contribution in [0.3, 0.4) is 0 Å². The molecule has 2 heterocycles. The summed E-state index contributed by atoms with van der Waals surface area (Å²) in [6, 6.07) is 9.56. The fraction of sp³-hybridized carbons (Fsp3) is 0.739. The van der Waals surface area contributed by atoms with Crippen molar-refractivity contribution in [1.82, 2.24) is 0 Å². The summed E-state index contributed by atoms with van der Waals surface area (Å²) < 4.78 is 23.2. The molecule has 1 aromatic rings. The highest BCUT2D eigenvalue weighted by Gasteiger charge is 2.49. The summed E-state index contributed by atoms with van der Waals surface area (Å²) in [5.41, 5.74) is 0.876. The van der Waals surface area contributed by atoms with E-state index in [1.807, 2.05) is 30.3 Å². The molecule has 1 aromatic carbocycles. The van der Waals surface area contributed by atoms with Gasteiger partial charge in [0.05, 0.1) is 6.61 Å². The van der Waals surface area contributed by atoms with E-state index in [-0.39, 0.29) is 6.61 Å². The highest BCUT2D eigenvalue weighted by Crippen LogP contribution is 2.34. The highest BCUT2D eigenvalue weighted by atomic mass is 16.8. The lowest BCUT2D eigenvalue weighted by Gasteiger charge is -2.46. The topological polar surface area (TPSA) is 77.4 Å². The molecule has 0 amide bonds. The lowest BCUT2D eigenvalue weighted by atomic mass is 9.98. The first-order valence-electron chi connectivity index (χ1n) is 11.2. The second-order valence-corrected chi connectivity index (χ2v) is 8.05. The molecule has 6 nitrogen and oxygen atoms in total. The van der Waals surface area contributed by atoms with Crippen molar-refractivity contribution < 1.29 is 29.2 Å². The van der Waals surface area contributed by atoms with Gasteiger partial charge in [-0.1, -0.05) is 82.2 Å². The number of rotatable bonds is 11. The molecule has 3 rings (SSSR count). The van der Waals surface area contributed by atoms with Crippen molar-refractivity contribution in [3.8, 4) is 0 Å². The third-order valence-corrected chi connectivity index (χ3v) is 5.69. The van der Waals surface area contributed by atoms with Crippen LogP contribution in [0, 0.1) is 0 Å². The maximum absolute atomic E-state index is 10.6. The molecule has 0 radical (unpaired) electrons. The van der Waals surface area contributed by atoms with Crippen LogP contribution in [-0.2, 0) is 18.9 Å². The molecule has 0 saturated carbocycles. The highest BCUT2D eigenvalue weighted by molar-refractivity contribution is 5.16. The minimum Gasteiger partial charge on any atom is -0.387 e. The number of hydrogen-bond donors (Lipinski definition) is 2. The van der Waals surface area contributed by atoms with E-state index in [9.17, 15) is 10.2 Å². The van der Waals surface area contributed by atoms with Gasteiger partial charge in [0.25, 0.3) is 0 Å². The summed E-state index contributed by atoms with van der Waals surface area (Å²) in [4.78, 5) is 0. The van der Waals surface area contributed by atoms with Crippen LogP contribution in [0.5, 0.6) is 0 Å². The second kappa shape index (κ2) is 12.0. The fourth-order valence-electron chi connectivity index (χ4n) is 3.93. The average Bonchev–Trinajstić information content (AvgIpc) is 2.76. The standard InChI is InChI=1S/C23H36O6/c1-2-3-4-5-6-7-8-12-15-26-23-20(25)19(24)21-18(28-23)16-27-22(29-21)17-13-10-9-11-14-17/h9-11,13-14,18-25H,2-8,12,15-16H2,1H3/t18-,19-,20-,21-,22?,23-/m1/s1. The quantitative estimate of drug-likeness (QED) is 0.544. The van der Waals surface area contributed by atoms with Crippen molar-refractivity contribution >= 4 is 0 Å². The van der Waals surface area contributed by atoms with Crippen LogP contribution in [0.4, 0.5) is 0 Å². The number of ether oxygens (including phenoxy) is 4. The molecule has 29 heavy (non-hydrogen) atoms. The zero-order chi connectivity index (χ0) is 20.5. The summed E-state index contributed by atoms with van der Waals surface area (Å²) in [5, 5.41) is 21.0. The van der Waals surface area contributed by atoms with Gasteiger partial charge < -0.3 is 29.2 Å². The van der Waals surface area contributed by atoms with Crippen LogP contribution >= 0.6 is 0 Å². The summed E-state index contributed by atoms with van der Waals surface area (Å²) in [6.07, 6.45) is 4.98.